The number of ketones is 1. The number of nitriles is 2. The van der Waals surface area contributed by atoms with E-state index in [0.29, 0.717) is 62.5 Å². The Morgan fingerprint density at radius 2 is 1.91 bits per heavy atom. The van der Waals surface area contributed by atoms with Gasteiger partial charge in [-0.3, -0.25) is 9.78 Å². The van der Waals surface area contributed by atoms with Gasteiger partial charge in [0.1, 0.15) is 19.6 Å². The van der Waals surface area contributed by atoms with Gasteiger partial charge in [0.25, 0.3) is 0 Å². The fourth-order valence-electron chi connectivity index (χ4n) is 5.53. The molecule has 2 N–H and O–H groups in total. The topological polar surface area (TPSA) is 132 Å². The summed E-state index contributed by atoms with van der Waals surface area (Å²) in [5.74, 6) is -0.212. The van der Waals surface area contributed by atoms with Crippen LogP contribution in [0.3, 0.4) is 0 Å². The lowest BCUT2D eigenvalue weighted by Gasteiger charge is -2.32. The number of hydrogen-bond acceptors (Lipinski definition) is 8. The number of aromatic nitrogens is 4. The normalized spacial score (nSPS) is 14.6. The minimum Gasteiger partial charge on any atom is -0.378 e. The number of hydrogen-bond donors (Lipinski definition) is 2. The van der Waals surface area contributed by atoms with E-state index in [-0.39, 0.29) is 17.9 Å². The molecular weight excluding hydrogens is 583 g/mol. The van der Waals surface area contributed by atoms with Crippen LogP contribution in [0, 0.1) is 22.7 Å². The molecule has 0 bridgehead atoms. The zero-order valence-corrected chi connectivity index (χ0v) is 25.3. The van der Waals surface area contributed by atoms with Crippen molar-refractivity contribution in [2.75, 3.05) is 10.6 Å². The molecule has 5 aromatic rings. The molecule has 1 saturated carbocycles. The largest absolute Gasteiger partial charge is 0.378 e. The number of benzene rings is 3. The van der Waals surface area contributed by atoms with Gasteiger partial charge < -0.3 is 10.6 Å². The maximum Gasteiger partial charge on any atom is 0.162 e. The molecule has 9 nitrogen and oxygen atoms in total. The van der Waals surface area contributed by atoms with Gasteiger partial charge in [-0.1, -0.05) is 65.3 Å². The lowest BCUT2D eigenvalue weighted by molar-refractivity contribution is 0.101. The van der Waals surface area contributed by atoms with Crippen molar-refractivity contribution in [3.05, 3.63) is 112 Å². The number of anilines is 2. The summed E-state index contributed by atoms with van der Waals surface area (Å²) in [5.41, 5.74) is 2.62. The summed E-state index contributed by atoms with van der Waals surface area (Å²) in [4.78, 5) is 17.6. The average molecular weight is 611 g/mol. The van der Waals surface area contributed by atoms with Crippen LogP contribution in [0.1, 0.15) is 77.4 Å². The third-order valence-corrected chi connectivity index (χ3v) is 8.34. The molecule has 2 radical (unpaired) electrons. The quantitative estimate of drug-likeness (QED) is 0.123. The highest BCUT2D eigenvalue weighted by Gasteiger charge is 2.35. The van der Waals surface area contributed by atoms with E-state index in [1.807, 2.05) is 65.5 Å². The second kappa shape index (κ2) is 12.4. The highest BCUT2D eigenvalue weighted by Crippen LogP contribution is 2.40. The van der Waals surface area contributed by atoms with E-state index < -0.39 is 5.44 Å². The average Bonchev–Trinajstić information content (AvgIpc) is 3.78. The molecule has 220 valence electrons. The second-order valence-electron chi connectivity index (χ2n) is 11.2. The molecule has 1 fully saturated rings. The van der Waals surface area contributed by atoms with Gasteiger partial charge in [-0.2, -0.15) is 10.5 Å². The number of halogens is 1. The number of nitrogens with one attached hydrogen (secondary N) is 2. The molecule has 2 heterocycles. The first-order valence-electron chi connectivity index (χ1n) is 14.6. The van der Waals surface area contributed by atoms with Gasteiger partial charge in [-0.15, -0.1) is 5.10 Å². The third-order valence-electron chi connectivity index (χ3n) is 8.01. The smallest absolute Gasteiger partial charge is 0.162 e. The Balaban J connectivity index is 1.52. The van der Waals surface area contributed by atoms with E-state index in [4.69, 9.17) is 19.4 Å². The van der Waals surface area contributed by atoms with Crippen LogP contribution >= 0.6 is 11.6 Å². The van der Waals surface area contributed by atoms with Crippen LogP contribution in [0.5, 0.6) is 0 Å². The predicted octanol–water partition coefficient (Wildman–Crippen LogP) is 6.83. The Kier molecular flexibility index (Phi) is 8.25. The fourth-order valence-corrected chi connectivity index (χ4v) is 5.81. The maximum atomic E-state index is 13.0. The first kappa shape index (κ1) is 29.9. The maximum absolute atomic E-state index is 13.0. The Morgan fingerprint density at radius 1 is 1.16 bits per heavy atom. The van der Waals surface area contributed by atoms with Crippen molar-refractivity contribution in [1.82, 2.24) is 20.0 Å². The molecular formula is C34H28BClN8O. The first-order valence-corrected chi connectivity index (χ1v) is 15.0. The Bertz CT molecular complexity index is 1980. The molecule has 11 heteroatoms. The van der Waals surface area contributed by atoms with Crippen molar-refractivity contribution in [3.8, 4) is 12.1 Å². The van der Waals surface area contributed by atoms with Crippen molar-refractivity contribution in [2.24, 2.45) is 0 Å². The van der Waals surface area contributed by atoms with Gasteiger partial charge in [0, 0.05) is 34.3 Å². The summed E-state index contributed by atoms with van der Waals surface area (Å²) in [6.45, 7) is 1.47. The van der Waals surface area contributed by atoms with Crippen molar-refractivity contribution < 1.29 is 4.79 Å². The summed E-state index contributed by atoms with van der Waals surface area (Å²) in [6.07, 6.45) is 6.14. The van der Waals surface area contributed by atoms with Crippen LogP contribution in [0.4, 0.5) is 11.4 Å². The molecule has 1 unspecified atom stereocenters. The number of fused-ring (bicyclic) bond motifs is 1. The zero-order valence-electron chi connectivity index (χ0n) is 24.5. The van der Waals surface area contributed by atoms with Crippen LogP contribution in [0.25, 0.3) is 10.9 Å². The number of Topliss-reactive ketones (excluding diaryl/α,β-unsaturated/α-hetero) is 1. The molecule has 1 aliphatic rings. The van der Waals surface area contributed by atoms with E-state index in [9.17, 15) is 15.3 Å². The van der Waals surface area contributed by atoms with Crippen LogP contribution in [0.15, 0.2) is 79.1 Å². The van der Waals surface area contributed by atoms with Crippen LogP contribution in [0.2, 0.25) is 5.02 Å². The van der Waals surface area contributed by atoms with E-state index in [1.54, 1.807) is 12.1 Å². The molecule has 2 aromatic heterocycles. The minimum atomic E-state index is -1.43. The molecule has 0 aliphatic heterocycles. The first-order chi connectivity index (χ1) is 21.8. The number of nitrogens with zero attached hydrogens (tertiary/aromatic N) is 6. The summed E-state index contributed by atoms with van der Waals surface area (Å²) in [5, 5.41) is 36.2. The van der Waals surface area contributed by atoms with Crippen molar-refractivity contribution in [1.29, 1.82) is 10.5 Å². The van der Waals surface area contributed by atoms with Crippen molar-refractivity contribution in [3.63, 3.8) is 0 Å². The number of pyridine rings is 1. The van der Waals surface area contributed by atoms with Gasteiger partial charge in [0.15, 0.2) is 5.78 Å². The van der Waals surface area contributed by atoms with Gasteiger partial charge in [-0.25, -0.2) is 4.68 Å². The number of carbonyl (C=O) groups excluding carboxylic acids is 1. The molecule has 0 spiro atoms. The molecule has 45 heavy (non-hydrogen) atoms. The SMILES string of the molecule is [B]C(Nc1cc(C(C)=O)c2ncc(C#N)c(N[C@H](CCC#N)c3ccccc3)c2c1)(c1cn(C2CC2)nn1)c1ccccc1Cl. The fraction of sp³-hybridized carbons (Fsp3) is 0.235. The van der Waals surface area contributed by atoms with Crippen LogP contribution < -0.4 is 10.6 Å². The zero-order chi connectivity index (χ0) is 31.6. The Hall–Kier alpha value is -5.19. The molecule has 1 aliphatic carbocycles. The van der Waals surface area contributed by atoms with Gasteiger partial charge >= 0.3 is 0 Å². The molecule has 0 saturated heterocycles. The second-order valence-corrected chi connectivity index (χ2v) is 11.6. The van der Waals surface area contributed by atoms with E-state index in [1.165, 1.54) is 13.1 Å². The monoisotopic (exact) mass is 610 g/mol. The summed E-state index contributed by atoms with van der Waals surface area (Å²) in [6, 6.07) is 24.9. The number of rotatable bonds is 11. The highest BCUT2D eigenvalue weighted by atomic mass is 35.5. The van der Waals surface area contributed by atoms with Gasteiger partial charge in [0.05, 0.1) is 46.6 Å². The van der Waals surface area contributed by atoms with E-state index in [2.05, 4.69) is 38.1 Å². The van der Waals surface area contributed by atoms with Crippen LogP contribution in [-0.2, 0) is 5.44 Å². The Morgan fingerprint density at radius 3 is 2.60 bits per heavy atom. The molecule has 2 atom stereocenters. The lowest BCUT2D eigenvalue weighted by Crippen LogP contribution is -2.38. The van der Waals surface area contributed by atoms with Crippen molar-refractivity contribution >= 4 is 47.5 Å². The molecule has 6 rings (SSSR count). The van der Waals surface area contributed by atoms with E-state index in [0.717, 1.165) is 18.4 Å². The minimum absolute atomic E-state index is 0.212. The van der Waals surface area contributed by atoms with E-state index >= 15 is 0 Å². The standard InChI is InChI=1S/C34H28BClN8O/c1-21(45)26-16-24(41-34(35,28-10-5-6-11-29(28)36)31-20-44(43-42-31)25-13-14-25)17-27-32(23(18-38)19-39-33(26)27)40-30(12-7-15-37)22-8-3-2-4-9-22/h2-6,8-11,16-17,19-20,25,30,41H,7,12-14H2,1H3,(H,39,40)/t30-,34?/m1/s1. The van der Waals surface area contributed by atoms with Crippen LogP contribution in [-0.4, -0.2) is 33.6 Å². The third kappa shape index (κ3) is 5.98. The lowest BCUT2D eigenvalue weighted by atomic mass is 9.69. The molecule has 0 amide bonds. The van der Waals surface area contributed by atoms with Gasteiger partial charge in [-0.05, 0) is 55.5 Å². The number of carbonyl (C=O) groups is 1. The summed E-state index contributed by atoms with van der Waals surface area (Å²) >= 11 is 6.70. The summed E-state index contributed by atoms with van der Waals surface area (Å²) < 4.78 is 1.81. The highest BCUT2D eigenvalue weighted by molar-refractivity contribution is 6.33. The molecule has 3 aromatic carbocycles. The summed E-state index contributed by atoms with van der Waals surface area (Å²) in [7, 11) is 7.17. The van der Waals surface area contributed by atoms with Gasteiger partial charge in [0.2, 0.25) is 0 Å². The predicted molar refractivity (Wildman–Crippen MR) is 174 cm³/mol. The Labute approximate surface area is 267 Å². The van der Waals surface area contributed by atoms with Crippen molar-refractivity contribution in [2.45, 2.75) is 50.1 Å².